The molecular weight excluding hydrogens is 440 g/mol. The first-order valence-corrected chi connectivity index (χ1v) is 12.1. The number of fused-ring (bicyclic) bond motifs is 1. The molecule has 0 bridgehead atoms. The molecule has 34 heavy (non-hydrogen) atoms. The van der Waals surface area contributed by atoms with Crippen molar-refractivity contribution in [1.82, 2.24) is 4.98 Å². The summed E-state index contributed by atoms with van der Waals surface area (Å²) in [5.74, 6) is 0.546. The second kappa shape index (κ2) is 8.72. The lowest BCUT2D eigenvalue weighted by atomic mass is 10.1. The number of aromatic hydroxyl groups is 1. The van der Waals surface area contributed by atoms with Crippen molar-refractivity contribution in [2.24, 2.45) is 9.98 Å². The zero-order chi connectivity index (χ0) is 22.9. The summed E-state index contributed by atoms with van der Waals surface area (Å²) in [7, 11) is 0. The van der Waals surface area contributed by atoms with Crippen LogP contribution in [0, 0.1) is 0 Å². The molecule has 1 fully saturated rings. The van der Waals surface area contributed by atoms with E-state index in [1.165, 1.54) is 16.9 Å². The highest BCUT2D eigenvalue weighted by Gasteiger charge is 2.38. The highest BCUT2D eigenvalue weighted by molar-refractivity contribution is 7.16. The van der Waals surface area contributed by atoms with Crippen LogP contribution in [-0.4, -0.2) is 21.8 Å². The van der Waals surface area contributed by atoms with Gasteiger partial charge in [0.2, 0.25) is 5.88 Å². The molecule has 1 saturated carbocycles. The molecule has 2 aliphatic rings. The summed E-state index contributed by atoms with van der Waals surface area (Å²) >= 11 is 1.47. The molecule has 2 heterocycles. The third-order valence-electron chi connectivity index (χ3n) is 6.01. The minimum atomic E-state index is 0.0462. The van der Waals surface area contributed by atoms with Crippen molar-refractivity contribution in [3.63, 3.8) is 0 Å². The van der Waals surface area contributed by atoms with Gasteiger partial charge in [0.05, 0.1) is 21.6 Å². The van der Waals surface area contributed by atoms with Crippen LogP contribution >= 0.6 is 11.3 Å². The van der Waals surface area contributed by atoms with Crippen LogP contribution in [-0.2, 0) is 0 Å². The Morgan fingerprint density at radius 3 is 2.62 bits per heavy atom. The molecule has 0 spiro atoms. The van der Waals surface area contributed by atoms with E-state index in [1.807, 2.05) is 60.7 Å². The largest absolute Gasteiger partial charge is 0.492 e. The maximum atomic E-state index is 10.5. The van der Waals surface area contributed by atoms with Crippen LogP contribution in [0.1, 0.15) is 28.3 Å². The van der Waals surface area contributed by atoms with Crippen LogP contribution in [0.15, 0.2) is 101 Å². The molecule has 1 aliphatic heterocycles. The van der Waals surface area contributed by atoms with E-state index in [-0.39, 0.29) is 5.88 Å². The molecule has 2 N–H and O–H groups in total. The van der Waals surface area contributed by atoms with Gasteiger partial charge in [0.15, 0.2) is 5.13 Å². The fraction of sp³-hybridized carbons (Fsp3) is 0.107. The zero-order valence-electron chi connectivity index (χ0n) is 18.3. The van der Waals surface area contributed by atoms with Gasteiger partial charge in [-0.25, -0.2) is 4.99 Å². The first kappa shape index (κ1) is 20.6. The number of rotatable bonds is 5. The molecular formula is C28H22N4OS. The molecule has 1 aromatic heterocycles. The Hall–Kier alpha value is -4.03. The molecule has 2 atom stereocenters. The Balaban J connectivity index is 1.26. The monoisotopic (exact) mass is 462 g/mol. The fourth-order valence-electron chi connectivity index (χ4n) is 4.19. The number of para-hydroxylation sites is 1. The van der Waals surface area contributed by atoms with Crippen molar-refractivity contribution in [3.05, 3.63) is 118 Å². The number of hydrogen-bond donors (Lipinski definition) is 2. The summed E-state index contributed by atoms with van der Waals surface area (Å²) in [6.07, 6.45) is 6.73. The van der Waals surface area contributed by atoms with E-state index >= 15 is 0 Å². The van der Waals surface area contributed by atoms with Crippen LogP contribution < -0.4 is 15.9 Å². The van der Waals surface area contributed by atoms with Gasteiger partial charge < -0.3 is 10.4 Å². The van der Waals surface area contributed by atoms with E-state index in [9.17, 15) is 5.11 Å². The SMILES string of the molecule is Oc1nc(N[C@H]2C[C@@H]2c2ccccc2)sc1C=c1ccc2c(c1)C(=Nc1ccccc1)C=CN=2. The summed E-state index contributed by atoms with van der Waals surface area (Å²) in [6.45, 7) is 0. The van der Waals surface area contributed by atoms with Gasteiger partial charge in [-0.15, -0.1) is 0 Å². The third kappa shape index (κ3) is 4.28. The van der Waals surface area contributed by atoms with E-state index in [0.29, 0.717) is 12.0 Å². The van der Waals surface area contributed by atoms with Crippen LogP contribution in [0.25, 0.3) is 6.08 Å². The number of hydrogen-bond acceptors (Lipinski definition) is 6. The van der Waals surface area contributed by atoms with E-state index in [1.54, 1.807) is 6.20 Å². The molecule has 4 aromatic rings. The first-order valence-electron chi connectivity index (χ1n) is 11.2. The number of aromatic nitrogens is 1. The minimum Gasteiger partial charge on any atom is -0.492 e. The number of benzene rings is 3. The van der Waals surface area contributed by atoms with Crippen molar-refractivity contribution in [1.29, 1.82) is 0 Å². The normalized spacial score (nSPS) is 20.1. The van der Waals surface area contributed by atoms with Crippen LogP contribution in [0.5, 0.6) is 5.88 Å². The van der Waals surface area contributed by atoms with Gasteiger partial charge in [0.25, 0.3) is 0 Å². The Morgan fingerprint density at radius 1 is 1.00 bits per heavy atom. The molecule has 166 valence electrons. The molecule has 5 nitrogen and oxygen atoms in total. The van der Waals surface area contributed by atoms with Gasteiger partial charge in [-0.1, -0.05) is 65.9 Å². The summed E-state index contributed by atoms with van der Waals surface area (Å²) in [5, 5.41) is 16.5. The summed E-state index contributed by atoms with van der Waals surface area (Å²) in [4.78, 5) is 14.3. The molecule has 0 saturated heterocycles. The number of nitrogens with one attached hydrogen (secondary N) is 1. The Morgan fingerprint density at radius 2 is 1.79 bits per heavy atom. The lowest BCUT2D eigenvalue weighted by Gasteiger charge is -2.07. The van der Waals surface area contributed by atoms with Crippen molar-refractivity contribution in [2.75, 3.05) is 5.32 Å². The molecule has 0 amide bonds. The van der Waals surface area contributed by atoms with E-state index in [0.717, 1.165) is 44.0 Å². The Labute approximate surface area is 201 Å². The smallest absolute Gasteiger partial charge is 0.231 e. The van der Waals surface area contributed by atoms with E-state index < -0.39 is 0 Å². The highest BCUT2D eigenvalue weighted by Crippen LogP contribution is 2.43. The highest BCUT2D eigenvalue weighted by atomic mass is 32.1. The minimum absolute atomic E-state index is 0.0462. The van der Waals surface area contributed by atoms with Gasteiger partial charge >= 0.3 is 0 Å². The van der Waals surface area contributed by atoms with E-state index in [2.05, 4.69) is 45.6 Å². The van der Waals surface area contributed by atoms with Gasteiger partial charge in [-0.05, 0) is 53.6 Å². The van der Waals surface area contributed by atoms with E-state index in [4.69, 9.17) is 4.99 Å². The van der Waals surface area contributed by atoms with Crippen molar-refractivity contribution in [2.45, 2.75) is 18.4 Å². The van der Waals surface area contributed by atoms with Gasteiger partial charge in [-0.3, -0.25) is 4.99 Å². The summed E-state index contributed by atoms with van der Waals surface area (Å²) in [5.41, 5.74) is 4.07. The third-order valence-corrected chi connectivity index (χ3v) is 6.93. The van der Waals surface area contributed by atoms with Gasteiger partial charge in [-0.2, -0.15) is 4.98 Å². The lowest BCUT2D eigenvalue weighted by molar-refractivity contribution is 0.456. The number of anilines is 1. The van der Waals surface area contributed by atoms with Crippen molar-refractivity contribution >= 4 is 33.9 Å². The molecule has 0 radical (unpaired) electrons. The summed E-state index contributed by atoms with van der Waals surface area (Å²) in [6, 6.07) is 26.8. The van der Waals surface area contributed by atoms with Crippen LogP contribution in [0.2, 0.25) is 0 Å². The topological polar surface area (TPSA) is 69.9 Å². The predicted octanol–water partition coefficient (Wildman–Crippen LogP) is 4.91. The maximum absolute atomic E-state index is 10.5. The van der Waals surface area contributed by atoms with Crippen molar-refractivity contribution < 1.29 is 5.11 Å². The van der Waals surface area contributed by atoms with Crippen LogP contribution in [0.3, 0.4) is 0 Å². The number of aliphatic imine (C=N–C) groups is 1. The quantitative estimate of drug-likeness (QED) is 0.443. The molecule has 6 heteroatoms. The number of nitrogens with zero attached hydrogens (tertiary/aromatic N) is 3. The zero-order valence-corrected chi connectivity index (χ0v) is 19.1. The van der Waals surface area contributed by atoms with Gasteiger partial charge in [0.1, 0.15) is 0 Å². The molecule has 3 aromatic carbocycles. The second-order valence-corrected chi connectivity index (χ2v) is 9.44. The fourth-order valence-corrected chi connectivity index (χ4v) is 5.07. The van der Waals surface area contributed by atoms with Gasteiger partial charge in [0, 0.05) is 23.7 Å². The average molecular weight is 463 g/mol. The Kier molecular flexibility index (Phi) is 5.28. The standard InChI is InChI=1S/C28H22N4OS/c33-27-26(34-28(32-27)31-25-17-21(25)19-7-3-1-4-8-19)16-18-11-12-23-22(15-18)24(13-14-29-23)30-20-9-5-2-6-10-20/h1-16,21,25,33H,17H2,(H,31,32)/t21-,25+/m1/s1. The summed E-state index contributed by atoms with van der Waals surface area (Å²) < 4.78 is 0. The molecule has 0 unspecified atom stereocenters. The van der Waals surface area contributed by atoms with Crippen molar-refractivity contribution in [3.8, 4) is 5.88 Å². The molecule has 6 rings (SSSR count). The average Bonchev–Trinajstić information content (AvgIpc) is 3.55. The predicted molar refractivity (Wildman–Crippen MR) is 138 cm³/mol. The van der Waals surface area contributed by atoms with Crippen LogP contribution in [0.4, 0.5) is 10.8 Å². The first-order chi connectivity index (χ1) is 16.7. The molecule has 1 aliphatic carbocycles. The second-order valence-electron chi connectivity index (χ2n) is 8.41. The number of allylic oxidation sites excluding steroid dienone is 1. The maximum Gasteiger partial charge on any atom is 0.231 e. The Bertz CT molecular complexity index is 1520. The number of thiazole rings is 1. The lowest BCUT2D eigenvalue weighted by Crippen LogP contribution is -2.21.